The number of rotatable bonds is 9. The van der Waals surface area contributed by atoms with Crippen molar-refractivity contribution in [2.24, 2.45) is 5.92 Å². The van der Waals surface area contributed by atoms with Gasteiger partial charge >= 0.3 is 0 Å². The van der Waals surface area contributed by atoms with Crippen LogP contribution in [0.15, 0.2) is 102 Å². The third kappa shape index (κ3) is 4.67. The molecular weight excluding hydrogens is 574 g/mol. The summed E-state index contributed by atoms with van der Waals surface area (Å²) >= 11 is 0. The van der Waals surface area contributed by atoms with Crippen molar-refractivity contribution < 1.29 is 24.5 Å². The molecule has 5 aromatic rings. The molecule has 0 radical (unpaired) electrons. The smallest absolute Gasteiger partial charge is 0.280 e. The van der Waals surface area contributed by atoms with Crippen molar-refractivity contribution in [1.82, 2.24) is 19.5 Å². The second-order valence-electron chi connectivity index (χ2n) is 11.4. The van der Waals surface area contributed by atoms with Crippen LogP contribution >= 0.6 is 0 Å². The highest BCUT2D eigenvalue weighted by Gasteiger charge is 2.69. The van der Waals surface area contributed by atoms with Crippen molar-refractivity contribution in [3.05, 3.63) is 124 Å². The maximum absolute atomic E-state index is 13.4. The first-order chi connectivity index (χ1) is 21.8. The Labute approximate surface area is 259 Å². The Bertz CT molecular complexity index is 1750. The molecule has 1 aliphatic rings. The van der Waals surface area contributed by atoms with E-state index < -0.39 is 41.6 Å². The van der Waals surface area contributed by atoms with Gasteiger partial charge in [0.05, 0.1) is 18.3 Å². The fourth-order valence-corrected chi connectivity index (χ4v) is 6.57. The van der Waals surface area contributed by atoms with Gasteiger partial charge in [-0.25, -0.2) is 4.98 Å². The van der Waals surface area contributed by atoms with Crippen LogP contribution in [-0.4, -0.2) is 67.7 Å². The molecule has 6 rings (SSSR count). The molecule has 11 nitrogen and oxygen atoms in total. The van der Waals surface area contributed by atoms with E-state index in [0.29, 0.717) is 0 Å². The fraction of sp³-hybridized carbons (Fsp3) is 0.294. The molecule has 0 spiro atoms. The molecule has 3 heterocycles. The third-order valence-corrected chi connectivity index (χ3v) is 8.53. The molecule has 0 bridgehead atoms. The highest BCUT2D eigenvalue weighted by molar-refractivity contribution is 5.91. The summed E-state index contributed by atoms with van der Waals surface area (Å²) in [5.74, 6) is -0.784. The Balaban J connectivity index is 1.81. The number of nitrogens with zero attached hydrogens (tertiary/aromatic N) is 3. The summed E-state index contributed by atoms with van der Waals surface area (Å²) in [5, 5.41) is 25.0. The molecule has 232 valence electrons. The molecule has 45 heavy (non-hydrogen) atoms. The molecule has 0 unspecified atom stereocenters. The Hall–Kier alpha value is -4.68. The number of aliphatic hydroxyl groups is 2. The van der Waals surface area contributed by atoms with Gasteiger partial charge < -0.3 is 19.7 Å². The van der Waals surface area contributed by atoms with Crippen molar-refractivity contribution in [2.75, 3.05) is 19.0 Å². The lowest BCUT2D eigenvalue weighted by Crippen LogP contribution is -2.61. The van der Waals surface area contributed by atoms with Gasteiger partial charge in [-0.1, -0.05) is 105 Å². The molecule has 1 fully saturated rings. The predicted molar refractivity (Wildman–Crippen MR) is 168 cm³/mol. The third-order valence-electron chi connectivity index (χ3n) is 8.53. The molecule has 0 aliphatic carbocycles. The number of fused-ring (bicyclic) bond motifs is 1. The predicted octanol–water partition coefficient (Wildman–Crippen LogP) is 3.17. The molecule has 11 heteroatoms. The number of ether oxygens (including phenoxy) is 2. The molecule has 2 aromatic heterocycles. The van der Waals surface area contributed by atoms with Crippen molar-refractivity contribution in [2.45, 2.75) is 43.3 Å². The lowest BCUT2D eigenvalue weighted by Gasteiger charge is -2.52. The number of carbonyl (C=O) groups is 1. The van der Waals surface area contributed by atoms with Gasteiger partial charge in [0.25, 0.3) is 5.56 Å². The minimum Gasteiger partial charge on any atom is -0.394 e. The van der Waals surface area contributed by atoms with Gasteiger partial charge in [0.15, 0.2) is 16.9 Å². The summed E-state index contributed by atoms with van der Waals surface area (Å²) in [4.78, 5) is 37.8. The standard InChI is InChI=1S/C34H35N5O6/c1-21(2)30(42)37-32-36-29-26(31(43)38-32)35-20-39(29)34(28(44-3)27(41)25(19-40)45-34)33(22-13-7-4-8-14-22,23-15-9-5-10-16-23)24-17-11-6-12-18-24/h4-18,20-21,25,27-28,40-41H,19H2,1-3H3,(H2,36,37,38,42,43)/t25-,27-,28-,34+/m1/s1. The lowest BCUT2D eigenvalue weighted by molar-refractivity contribution is -0.182. The number of aromatic amines is 1. The molecular formula is C34H35N5O6. The largest absolute Gasteiger partial charge is 0.394 e. The first kappa shape index (κ1) is 30.4. The summed E-state index contributed by atoms with van der Waals surface area (Å²) in [6, 6.07) is 29.0. The summed E-state index contributed by atoms with van der Waals surface area (Å²) < 4.78 is 14.7. The minimum absolute atomic E-state index is 0.0135. The number of imidazole rings is 1. The quantitative estimate of drug-likeness (QED) is 0.186. The fourth-order valence-electron chi connectivity index (χ4n) is 6.57. The van der Waals surface area contributed by atoms with Crippen LogP contribution in [0, 0.1) is 5.92 Å². The zero-order valence-electron chi connectivity index (χ0n) is 25.1. The lowest BCUT2D eigenvalue weighted by atomic mass is 9.60. The van der Waals surface area contributed by atoms with E-state index in [4.69, 9.17) is 9.47 Å². The van der Waals surface area contributed by atoms with Gasteiger partial charge in [-0.05, 0) is 16.7 Å². The van der Waals surface area contributed by atoms with Gasteiger partial charge in [0.2, 0.25) is 11.9 Å². The van der Waals surface area contributed by atoms with Gasteiger partial charge in [-0.2, -0.15) is 4.98 Å². The summed E-state index contributed by atoms with van der Waals surface area (Å²) in [7, 11) is 1.46. The van der Waals surface area contributed by atoms with E-state index in [2.05, 4.69) is 20.3 Å². The summed E-state index contributed by atoms with van der Waals surface area (Å²) in [6.07, 6.45) is -2.11. The number of anilines is 1. The van der Waals surface area contributed by atoms with E-state index in [1.165, 1.54) is 13.4 Å². The second kappa shape index (κ2) is 12.0. The topological polar surface area (TPSA) is 152 Å². The van der Waals surface area contributed by atoms with E-state index >= 15 is 0 Å². The molecule has 1 amide bonds. The van der Waals surface area contributed by atoms with E-state index in [1.807, 2.05) is 91.0 Å². The van der Waals surface area contributed by atoms with Crippen LogP contribution in [0.2, 0.25) is 0 Å². The number of H-pyrrole nitrogens is 1. The number of aliphatic hydroxyl groups excluding tert-OH is 2. The monoisotopic (exact) mass is 609 g/mol. The van der Waals surface area contributed by atoms with Crippen LogP contribution in [0.4, 0.5) is 5.95 Å². The van der Waals surface area contributed by atoms with Crippen molar-refractivity contribution >= 4 is 23.0 Å². The number of nitrogens with one attached hydrogen (secondary N) is 2. The van der Waals surface area contributed by atoms with Crippen LogP contribution < -0.4 is 10.9 Å². The molecule has 4 N–H and O–H groups in total. The molecule has 4 atom stereocenters. The van der Waals surface area contributed by atoms with Crippen molar-refractivity contribution in [3.63, 3.8) is 0 Å². The number of hydrogen-bond acceptors (Lipinski definition) is 8. The minimum atomic E-state index is -1.76. The highest BCUT2D eigenvalue weighted by atomic mass is 16.6. The normalized spacial score (nSPS) is 21.8. The van der Waals surface area contributed by atoms with E-state index in [-0.39, 0.29) is 28.9 Å². The molecule has 3 aromatic carbocycles. The average Bonchev–Trinajstić information content (AvgIpc) is 3.62. The molecule has 0 saturated carbocycles. The number of amides is 1. The van der Waals surface area contributed by atoms with Gasteiger partial charge in [-0.15, -0.1) is 0 Å². The van der Waals surface area contributed by atoms with Crippen LogP contribution in [0.25, 0.3) is 11.2 Å². The second-order valence-corrected chi connectivity index (χ2v) is 11.4. The molecule has 1 saturated heterocycles. The van der Waals surface area contributed by atoms with Gasteiger partial charge in [-0.3, -0.25) is 24.5 Å². The number of aromatic nitrogens is 4. The zero-order chi connectivity index (χ0) is 31.8. The number of benzene rings is 3. The first-order valence-electron chi connectivity index (χ1n) is 14.7. The number of carbonyl (C=O) groups excluding carboxylic acids is 1. The van der Waals surface area contributed by atoms with Crippen LogP contribution in [0.1, 0.15) is 30.5 Å². The van der Waals surface area contributed by atoms with Crippen LogP contribution in [-0.2, 0) is 25.4 Å². The SMILES string of the molecule is CO[C@@H]1[C@H](O)[C@@H](CO)O[C@]1(n1cnc2c(=O)[nH]c(NC(=O)C(C)C)nc21)C(c1ccccc1)(c1ccccc1)c1ccccc1. The number of methoxy groups -OCH3 is 1. The van der Waals surface area contributed by atoms with E-state index in [1.54, 1.807) is 18.4 Å². The highest BCUT2D eigenvalue weighted by Crippen LogP contribution is 2.58. The zero-order valence-corrected chi connectivity index (χ0v) is 25.1. The summed E-state index contributed by atoms with van der Waals surface area (Å²) in [6.45, 7) is 2.93. The molecule has 1 aliphatic heterocycles. The van der Waals surface area contributed by atoms with Crippen LogP contribution in [0.3, 0.4) is 0 Å². The van der Waals surface area contributed by atoms with Gasteiger partial charge in [0.1, 0.15) is 18.3 Å². The van der Waals surface area contributed by atoms with Gasteiger partial charge in [0, 0.05) is 13.0 Å². The van der Waals surface area contributed by atoms with Crippen molar-refractivity contribution in [1.29, 1.82) is 0 Å². The maximum atomic E-state index is 13.4. The maximum Gasteiger partial charge on any atom is 0.280 e. The Morgan fingerprint density at radius 3 is 2.02 bits per heavy atom. The Morgan fingerprint density at radius 1 is 1.02 bits per heavy atom. The van der Waals surface area contributed by atoms with E-state index in [0.717, 1.165) is 16.7 Å². The summed E-state index contributed by atoms with van der Waals surface area (Å²) in [5.41, 5.74) is -1.25. The van der Waals surface area contributed by atoms with Crippen molar-refractivity contribution in [3.8, 4) is 0 Å². The van der Waals surface area contributed by atoms with E-state index in [9.17, 15) is 19.8 Å². The average molecular weight is 610 g/mol. The number of hydrogen-bond donors (Lipinski definition) is 4. The van der Waals surface area contributed by atoms with Crippen LogP contribution in [0.5, 0.6) is 0 Å². The first-order valence-corrected chi connectivity index (χ1v) is 14.7. The Kier molecular flexibility index (Phi) is 8.10. The Morgan fingerprint density at radius 2 is 1.56 bits per heavy atom.